The average molecular weight is 415 g/mol. The quantitative estimate of drug-likeness (QED) is 0.652. The second-order valence-electron chi connectivity index (χ2n) is 7.68. The first-order chi connectivity index (χ1) is 14.1. The van der Waals surface area contributed by atoms with Crippen molar-refractivity contribution in [3.05, 3.63) is 46.6 Å². The van der Waals surface area contributed by atoms with E-state index in [0.29, 0.717) is 18.0 Å². The third-order valence-electron chi connectivity index (χ3n) is 5.98. The average Bonchev–Trinajstić information content (AvgIpc) is 3.43. The lowest BCUT2D eigenvalue weighted by Crippen LogP contribution is -2.33. The molecule has 2 aromatic heterocycles. The summed E-state index contributed by atoms with van der Waals surface area (Å²) in [5.74, 6) is -0.0873. The summed E-state index contributed by atoms with van der Waals surface area (Å²) in [6.07, 6.45) is 3.10. The highest BCUT2D eigenvalue weighted by Crippen LogP contribution is 2.46. The van der Waals surface area contributed by atoms with Gasteiger partial charge in [-0.25, -0.2) is 9.78 Å². The molecule has 5 rings (SSSR count). The zero-order valence-corrected chi connectivity index (χ0v) is 16.4. The number of thiazole rings is 1. The van der Waals surface area contributed by atoms with E-state index in [1.165, 1.54) is 11.3 Å². The van der Waals surface area contributed by atoms with E-state index in [2.05, 4.69) is 4.98 Å². The molecule has 1 saturated carbocycles. The number of carboxylic acid groups (broad SMARTS) is 1. The second kappa shape index (κ2) is 7.44. The summed E-state index contributed by atoms with van der Waals surface area (Å²) in [5.41, 5.74) is 0.836. The van der Waals surface area contributed by atoms with Crippen molar-refractivity contribution in [1.82, 2.24) is 4.98 Å². The molecule has 0 spiro atoms. The number of nitrogens with zero attached hydrogens (tertiary/aromatic N) is 1. The lowest BCUT2D eigenvalue weighted by Gasteiger charge is -2.33. The highest BCUT2D eigenvalue weighted by molar-refractivity contribution is 7.09. The Kier molecular flexibility index (Phi) is 4.77. The van der Waals surface area contributed by atoms with Gasteiger partial charge in [-0.3, -0.25) is 0 Å². The first kappa shape index (κ1) is 18.6. The van der Waals surface area contributed by atoms with Gasteiger partial charge in [0.2, 0.25) is 0 Å². The Hall–Kier alpha value is -2.42. The van der Waals surface area contributed by atoms with Crippen LogP contribution in [0.4, 0.5) is 0 Å². The summed E-state index contributed by atoms with van der Waals surface area (Å²) in [5, 5.41) is 22.9. The number of hydrogen-bond donors (Lipinski definition) is 2. The molecule has 29 heavy (non-hydrogen) atoms. The van der Waals surface area contributed by atoms with Crippen LogP contribution in [0.15, 0.2) is 40.3 Å². The summed E-state index contributed by atoms with van der Waals surface area (Å²) in [4.78, 5) is 15.2. The number of aromatic carboxylic acids is 1. The molecule has 3 aromatic rings. The van der Waals surface area contributed by atoms with Crippen LogP contribution in [0.2, 0.25) is 0 Å². The molecular formula is C21H21NO6S. The van der Waals surface area contributed by atoms with Crippen LogP contribution in [0, 0.1) is 11.8 Å². The van der Waals surface area contributed by atoms with Crippen LogP contribution in [0.5, 0.6) is 5.75 Å². The first-order valence-corrected chi connectivity index (χ1v) is 10.6. The van der Waals surface area contributed by atoms with Crippen LogP contribution in [0.1, 0.15) is 40.9 Å². The normalized spacial score (nSPS) is 29.1. The molecule has 7 nitrogen and oxygen atoms in total. The number of fused-ring (bicyclic) bond motifs is 2. The maximum atomic E-state index is 11.1. The zero-order valence-electron chi connectivity index (χ0n) is 15.6. The number of aliphatic hydroxyl groups excluding tert-OH is 1. The van der Waals surface area contributed by atoms with Gasteiger partial charge in [0.15, 0.2) is 5.69 Å². The van der Waals surface area contributed by atoms with Gasteiger partial charge < -0.3 is 24.1 Å². The molecule has 2 aliphatic rings. The number of hydrogen-bond acceptors (Lipinski definition) is 7. The van der Waals surface area contributed by atoms with Gasteiger partial charge in [0, 0.05) is 29.2 Å². The number of furan rings is 1. The zero-order chi connectivity index (χ0) is 20.0. The van der Waals surface area contributed by atoms with Crippen molar-refractivity contribution in [3.63, 3.8) is 0 Å². The molecule has 2 fully saturated rings. The number of rotatable bonds is 5. The van der Waals surface area contributed by atoms with E-state index in [0.717, 1.165) is 29.6 Å². The van der Waals surface area contributed by atoms with E-state index in [4.69, 9.17) is 19.0 Å². The van der Waals surface area contributed by atoms with Crippen molar-refractivity contribution in [3.8, 4) is 5.75 Å². The van der Waals surface area contributed by atoms with Gasteiger partial charge in [-0.05, 0) is 37.0 Å². The molecule has 2 N–H and O–H groups in total. The summed E-state index contributed by atoms with van der Waals surface area (Å²) < 4.78 is 17.6. The molecule has 8 heteroatoms. The standard InChI is InChI=1S/C21H21NO6S/c23-16-8-19-13(3-4-17(28-19)20-22-15(10-29-20)21(24)25)14(16)9-27-12-2-1-11-5-6-26-18(11)7-12/h1-2,5-7,10,13-14,16-17,19,23H,3-4,8-9H2,(H,24,25)/t13-,14?,16-,17-,19+/m1/s1. The van der Waals surface area contributed by atoms with Gasteiger partial charge in [0.25, 0.3) is 0 Å². The Bertz CT molecular complexity index is 1030. The van der Waals surface area contributed by atoms with Crippen molar-refractivity contribution < 1.29 is 28.9 Å². The van der Waals surface area contributed by atoms with Crippen LogP contribution in [-0.2, 0) is 4.74 Å². The topological polar surface area (TPSA) is 102 Å². The van der Waals surface area contributed by atoms with Crippen LogP contribution in [0.25, 0.3) is 11.0 Å². The maximum Gasteiger partial charge on any atom is 0.355 e. The minimum Gasteiger partial charge on any atom is -0.493 e. The molecule has 1 aliphatic carbocycles. The van der Waals surface area contributed by atoms with Gasteiger partial charge >= 0.3 is 5.97 Å². The molecule has 1 aliphatic heterocycles. The molecule has 3 heterocycles. The minimum atomic E-state index is -1.03. The number of carboxylic acids is 1. The van der Waals surface area contributed by atoms with Gasteiger partial charge in [-0.15, -0.1) is 11.3 Å². The third kappa shape index (κ3) is 3.52. The van der Waals surface area contributed by atoms with E-state index in [-0.39, 0.29) is 29.7 Å². The molecule has 152 valence electrons. The van der Waals surface area contributed by atoms with Crippen molar-refractivity contribution in [2.75, 3.05) is 6.61 Å². The Balaban J connectivity index is 1.23. The van der Waals surface area contributed by atoms with E-state index < -0.39 is 12.1 Å². The summed E-state index contributed by atoms with van der Waals surface area (Å²) in [7, 11) is 0. The van der Waals surface area contributed by atoms with E-state index in [9.17, 15) is 9.90 Å². The number of carbonyl (C=O) groups is 1. The van der Waals surface area contributed by atoms with Crippen LogP contribution < -0.4 is 4.74 Å². The van der Waals surface area contributed by atoms with Crippen LogP contribution in [-0.4, -0.2) is 40.0 Å². The molecular weight excluding hydrogens is 394 g/mol. The Labute approximate surface area is 170 Å². The van der Waals surface area contributed by atoms with Crippen molar-refractivity contribution >= 4 is 28.3 Å². The van der Waals surface area contributed by atoms with Gasteiger partial charge in [-0.1, -0.05) is 0 Å². The molecule has 0 radical (unpaired) electrons. The number of aliphatic hydroxyl groups is 1. The first-order valence-electron chi connectivity index (χ1n) is 9.71. The molecule has 1 saturated heterocycles. The number of aromatic nitrogens is 1. The molecule has 1 aromatic carbocycles. The summed E-state index contributed by atoms with van der Waals surface area (Å²) in [6.45, 7) is 0.420. The minimum absolute atomic E-state index is 0.000812. The van der Waals surface area contributed by atoms with Gasteiger partial charge in [0.1, 0.15) is 22.4 Å². The van der Waals surface area contributed by atoms with E-state index in [1.54, 1.807) is 11.6 Å². The van der Waals surface area contributed by atoms with Gasteiger partial charge in [0.05, 0.1) is 25.1 Å². The molecule has 0 bridgehead atoms. The fraction of sp³-hybridized carbons (Fsp3) is 0.429. The van der Waals surface area contributed by atoms with Crippen LogP contribution >= 0.6 is 11.3 Å². The van der Waals surface area contributed by atoms with Crippen molar-refractivity contribution in [2.45, 2.75) is 37.6 Å². The molecule has 0 amide bonds. The predicted molar refractivity (Wildman–Crippen MR) is 105 cm³/mol. The fourth-order valence-corrected chi connectivity index (χ4v) is 5.36. The highest BCUT2D eigenvalue weighted by Gasteiger charge is 2.47. The summed E-state index contributed by atoms with van der Waals surface area (Å²) in [6, 6.07) is 7.63. The summed E-state index contributed by atoms with van der Waals surface area (Å²) >= 11 is 1.32. The Morgan fingerprint density at radius 1 is 1.31 bits per heavy atom. The molecule has 5 atom stereocenters. The van der Waals surface area contributed by atoms with Gasteiger partial charge in [-0.2, -0.15) is 0 Å². The van der Waals surface area contributed by atoms with Crippen molar-refractivity contribution in [2.24, 2.45) is 11.8 Å². The largest absolute Gasteiger partial charge is 0.493 e. The van der Waals surface area contributed by atoms with Crippen LogP contribution in [0.3, 0.4) is 0 Å². The monoisotopic (exact) mass is 415 g/mol. The maximum absolute atomic E-state index is 11.1. The fourth-order valence-electron chi connectivity index (χ4n) is 4.50. The number of benzene rings is 1. The number of ether oxygens (including phenoxy) is 2. The van der Waals surface area contributed by atoms with E-state index >= 15 is 0 Å². The predicted octanol–water partition coefficient (Wildman–Crippen LogP) is 3.88. The Morgan fingerprint density at radius 3 is 3.03 bits per heavy atom. The lowest BCUT2D eigenvalue weighted by atomic mass is 9.87. The second-order valence-corrected chi connectivity index (χ2v) is 8.57. The molecule has 1 unspecified atom stereocenters. The SMILES string of the molecule is O=C(O)c1csc([C@H]2CC[C@@H]3C(COc4ccc5ccoc5c4)[C@H](O)C[C@@H]3O2)n1. The van der Waals surface area contributed by atoms with Crippen molar-refractivity contribution in [1.29, 1.82) is 0 Å². The van der Waals surface area contributed by atoms with E-state index in [1.807, 2.05) is 24.3 Å². The smallest absolute Gasteiger partial charge is 0.355 e. The lowest BCUT2D eigenvalue weighted by molar-refractivity contribution is -0.0811. The third-order valence-corrected chi connectivity index (χ3v) is 6.92. The highest BCUT2D eigenvalue weighted by atomic mass is 32.1. The Morgan fingerprint density at radius 2 is 2.21 bits per heavy atom.